The Hall–Kier alpha value is -1.71. The summed E-state index contributed by atoms with van der Waals surface area (Å²) < 4.78 is 4.74. The lowest BCUT2D eigenvalue weighted by atomic mass is 10.0. The Balaban J connectivity index is 4.52. The molecule has 0 aliphatic heterocycles. The maximum atomic E-state index is 11.3. The normalized spacial score (nSPS) is 16.4. The van der Waals surface area contributed by atoms with Crippen LogP contribution in [0.2, 0.25) is 0 Å². The molecule has 0 bridgehead atoms. The Morgan fingerprint density at radius 3 is 2.10 bits per heavy atom. The van der Waals surface area contributed by atoms with Gasteiger partial charge in [0, 0.05) is 6.92 Å². The smallest absolute Gasteiger partial charge is 0.306 e. The Morgan fingerprint density at radius 1 is 1.10 bits per heavy atom. The summed E-state index contributed by atoms with van der Waals surface area (Å²) in [4.78, 5) is 32.6. The van der Waals surface area contributed by atoms with Crippen LogP contribution >= 0.6 is 0 Å². The number of aliphatic hydroxyl groups is 3. The third-order valence-electron chi connectivity index (χ3n) is 2.61. The van der Waals surface area contributed by atoms with Gasteiger partial charge >= 0.3 is 11.9 Å². The fourth-order valence-corrected chi connectivity index (χ4v) is 1.47. The highest BCUT2D eigenvalue weighted by atomic mass is 16.5. The minimum atomic E-state index is -1.55. The molecule has 0 aromatic carbocycles. The van der Waals surface area contributed by atoms with E-state index in [0.717, 1.165) is 0 Å². The van der Waals surface area contributed by atoms with E-state index < -0.39 is 55.2 Å². The van der Waals surface area contributed by atoms with Crippen LogP contribution in [0.5, 0.6) is 0 Å². The number of carbonyl (C=O) groups is 3. The first-order valence-corrected chi connectivity index (χ1v) is 6.33. The molecule has 4 atom stereocenters. The highest BCUT2D eigenvalue weighted by Crippen LogP contribution is 2.06. The van der Waals surface area contributed by atoms with Crippen molar-refractivity contribution in [2.45, 2.75) is 51.0 Å². The van der Waals surface area contributed by atoms with E-state index >= 15 is 0 Å². The second kappa shape index (κ2) is 9.27. The van der Waals surface area contributed by atoms with Gasteiger partial charge in [0.2, 0.25) is 5.91 Å². The van der Waals surface area contributed by atoms with E-state index in [1.54, 1.807) is 0 Å². The largest absolute Gasteiger partial charge is 0.481 e. The van der Waals surface area contributed by atoms with Crippen molar-refractivity contribution in [2.75, 3.05) is 6.61 Å². The molecular weight excluding hydrogens is 286 g/mol. The molecule has 2 unspecified atom stereocenters. The molecular formula is C12H21NO8. The Morgan fingerprint density at radius 2 is 1.67 bits per heavy atom. The van der Waals surface area contributed by atoms with Gasteiger partial charge < -0.3 is 30.5 Å². The third kappa shape index (κ3) is 8.23. The molecule has 9 heteroatoms. The van der Waals surface area contributed by atoms with E-state index in [2.05, 4.69) is 5.32 Å². The summed E-state index contributed by atoms with van der Waals surface area (Å²) >= 11 is 0. The Kier molecular flexibility index (Phi) is 8.51. The average Bonchev–Trinajstić information content (AvgIpc) is 2.38. The van der Waals surface area contributed by atoms with Gasteiger partial charge in [0.15, 0.2) is 0 Å². The van der Waals surface area contributed by atoms with Crippen molar-refractivity contribution in [3.8, 4) is 0 Å². The van der Waals surface area contributed by atoms with Crippen molar-refractivity contribution in [1.29, 1.82) is 0 Å². The molecule has 9 nitrogen and oxygen atoms in total. The summed E-state index contributed by atoms with van der Waals surface area (Å²) in [6.07, 6.45) is -5.10. The van der Waals surface area contributed by atoms with Crippen LogP contribution in [0.3, 0.4) is 0 Å². The lowest BCUT2D eigenvalue weighted by molar-refractivity contribution is -0.150. The van der Waals surface area contributed by atoms with Crippen LogP contribution < -0.4 is 5.32 Å². The number of carbonyl (C=O) groups excluding carboxylic acids is 2. The highest BCUT2D eigenvalue weighted by molar-refractivity contribution is 5.76. The summed E-state index contributed by atoms with van der Waals surface area (Å²) in [5, 5.41) is 39.3. The molecule has 122 valence electrons. The molecule has 0 aromatic rings. The van der Waals surface area contributed by atoms with Crippen LogP contribution in [0, 0.1) is 0 Å². The molecule has 0 aromatic heterocycles. The van der Waals surface area contributed by atoms with Crippen LogP contribution in [0.4, 0.5) is 0 Å². The van der Waals surface area contributed by atoms with E-state index in [4.69, 9.17) is 9.84 Å². The first-order chi connectivity index (χ1) is 9.65. The summed E-state index contributed by atoms with van der Waals surface area (Å²) in [7, 11) is 0. The van der Waals surface area contributed by atoms with Gasteiger partial charge in [0.05, 0.1) is 25.0 Å². The standard InChI is InChI=1S/C12H21NO8/c1-6(14)11(19)12(20)8(13-7(2)15)5-21-10(18)4-3-9(16)17/h6,8,11-12,14,19-20H,3-5H2,1-2H3,(H,13,15)(H,16,17)/t6?,8-,11?,12-/m0/s1. The SMILES string of the molecule is CC(=O)N[C@@H](COC(=O)CCC(=O)O)[C@H](O)C(O)C(C)O. The summed E-state index contributed by atoms with van der Waals surface area (Å²) in [5.74, 6) is -2.50. The number of aliphatic hydroxyl groups excluding tert-OH is 3. The molecule has 0 radical (unpaired) electrons. The van der Waals surface area contributed by atoms with Gasteiger partial charge in [-0.1, -0.05) is 0 Å². The molecule has 0 heterocycles. The van der Waals surface area contributed by atoms with Gasteiger partial charge in [-0.2, -0.15) is 0 Å². The number of carboxylic acids is 1. The van der Waals surface area contributed by atoms with Crippen molar-refractivity contribution < 1.29 is 39.5 Å². The van der Waals surface area contributed by atoms with E-state index in [-0.39, 0.29) is 6.42 Å². The fraction of sp³-hybridized carbons (Fsp3) is 0.750. The number of amides is 1. The number of ether oxygens (including phenoxy) is 1. The van der Waals surface area contributed by atoms with Gasteiger partial charge in [-0.3, -0.25) is 14.4 Å². The van der Waals surface area contributed by atoms with E-state index in [1.807, 2.05) is 0 Å². The van der Waals surface area contributed by atoms with Crippen molar-refractivity contribution in [3.05, 3.63) is 0 Å². The topological polar surface area (TPSA) is 153 Å². The summed E-state index contributed by atoms with van der Waals surface area (Å²) in [5.41, 5.74) is 0. The second-order valence-corrected chi connectivity index (χ2v) is 4.61. The molecule has 21 heavy (non-hydrogen) atoms. The minimum absolute atomic E-state index is 0.350. The van der Waals surface area contributed by atoms with Crippen molar-refractivity contribution in [2.24, 2.45) is 0 Å². The predicted molar refractivity (Wildman–Crippen MR) is 69.1 cm³/mol. The molecule has 1 amide bonds. The first-order valence-electron chi connectivity index (χ1n) is 6.33. The number of hydrogen-bond donors (Lipinski definition) is 5. The molecule has 5 N–H and O–H groups in total. The van der Waals surface area contributed by atoms with E-state index in [0.29, 0.717) is 0 Å². The zero-order valence-electron chi connectivity index (χ0n) is 11.9. The van der Waals surface area contributed by atoms with Crippen LogP contribution in [-0.2, 0) is 19.1 Å². The highest BCUT2D eigenvalue weighted by Gasteiger charge is 2.31. The monoisotopic (exact) mass is 307 g/mol. The number of carboxylic acid groups (broad SMARTS) is 1. The van der Waals surface area contributed by atoms with Crippen LogP contribution in [0.15, 0.2) is 0 Å². The van der Waals surface area contributed by atoms with Gasteiger partial charge in [-0.25, -0.2) is 0 Å². The van der Waals surface area contributed by atoms with Gasteiger partial charge in [-0.15, -0.1) is 0 Å². The first kappa shape index (κ1) is 19.3. The zero-order chi connectivity index (χ0) is 16.6. The Bertz CT molecular complexity index is 370. The van der Waals surface area contributed by atoms with Gasteiger partial charge in [0.1, 0.15) is 18.8 Å². The lowest BCUT2D eigenvalue weighted by Gasteiger charge is -2.28. The van der Waals surface area contributed by atoms with Crippen LogP contribution in [0.1, 0.15) is 26.7 Å². The lowest BCUT2D eigenvalue weighted by Crippen LogP contribution is -2.53. The minimum Gasteiger partial charge on any atom is -0.481 e. The van der Waals surface area contributed by atoms with Gasteiger partial charge in [-0.05, 0) is 6.92 Å². The maximum absolute atomic E-state index is 11.3. The van der Waals surface area contributed by atoms with Crippen LogP contribution in [0.25, 0.3) is 0 Å². The maximum Gasteiger partial charge on any atom is 0.306 e. The van der Waals surface area contributed by atoms with Crippen LogP contribution in [-0.4, -0.2) is 69.2 Å². The molecule has 0 aliphatic carbocycles. The van der Waals surface area contributed by atoms with Crippen molar-refractivity contribution in [3.63, 3.8) is 0 Å². The fourth-order valence-electron chi connectivity index (χ4n) is 1.47. The predicted octanol–water partition coefficient (Wildman–Crippen LogP) is -2.00. The molecule has 0 saturated carbocycles. The number of aliphatic carboxylic acids is 1. The number of nitrogens with one attached hydrogen (secondary N) is 1. The molecule has 0 saturated heterocycles. The zero-order valence-corrected chi connectivity index (χ0v) is 11.9. The number of hydrogen-bond acceptors (Lipinski definition) is 7. The third-order valence-corrected chi connectivity index (χ3v) is 2.61. The van der Waals surface area contributed by atoms with E-state index in [1.165, 1.54) is 13.8 Å². The quantitative estimate of drug-likeness (QED) is 0.307. The Labute approximate surface area is 121 Å². The summed E-state index contributed by atoms with van der Waals surface area (Å²) in [6.45, 7) is 1.96. The number of rotatable bonds is 9. The summed E-state index contributed by atoms with van der Waals surface area (Å²) in [6, 6.07) is -1.12. The second-order valence-electron chi connectivity index (χ2n) is 4.61. The molecule has 0 spiro atoms. The molecule has 0 aliphatic rings. The van der Waals surface area contributed by atoms with Crippen molar-refractivity contribution >= 4 is 17.8 Å². The van der Waals surface area contributed by atoms with Gasteiger partial charge in [0.25, 0.3) is 0 Å². The van der Waals surface area contributed by atoms with Crippen molar-refractivity contribution in [1.82, 2.24) is 5.32 Å². The average molecular weight is 307 g/mol. The number of esters is 1. The molecule has 0 fully saturated rings. The van der Waals surface area contributed by atoms with E-state index in [9.17, 15) is 29.7 Å². The molecule has 0 rings (SSSR count).